The van der Waals surface area contributed by atoms with Gasteiger partial charge in [-0.2, -0.15) is 0 Å². The van der Waals surface area contributed by atoms with Crippen molar-refractivity contribution in [3.63, 3.8) is 0 Å². The van der Waals surface area contributed by atoms with Crippen LogP contribution in [0.15, 0.2) is 30.5 Å². The molecule has 0 saturated heterocycles. The molecule has 0 radical (unpaired) electrons. The third-order valence-electron chi connectivity index (χ3n) is 2.74. The standard InChI is InChI=1S/C14H13F3N2O/c1-20-14-3-2-9(7-19-14)6-18-8-10-4-12(16)13(17)5-11(10)15/h2-5,7,18H,6,8H2,1H3. The van der Waals surface area contributed by atoms with Gasteiger partial charge in [-0.3, -0.25) is 0 Å². The number of nitrogens with zero attached hydrogens (tertiary/aromatic N) is 1. The van der Waals surface area contributed by atoms with E-state index in [-0.39, 0.29) is 12.1 Å². The van der Waals surface area contributed by atoms with Crippen LogP contribution < -0.4 is 10.1 Å². The van der Waals surface area contributed by atoms with Gasteiger partial charge >= 0.3 is 0 Å². The minimum Gasteiger partial charge on any atom is -0.481 e. The minimum absolute atomic E-state index is 0.0744. The monoisotopic (exact) mass is 282 g/mol. The van der Waals surface area contributed by atoms with E-state index in [2.05, 4.69) is 10.3 Å². The highest BCUT2D eigenvalue weighted by Crippen LogP contribution is 2.14. The molecular formula is C14H13F3N2O. The van der Waals surface area contributed by atoms with Crippen LogP contribution in [0.2, 0.25) is 0 Å². The number of rotatable bonds is 5. The number of nitrogens with one attached hydrogen (secondary N) is 1. The Morgan fingerprint density at radius 3 is 2.45 bits per heavy atom. The van der Waals surface area contributed by atoms with Crippen molar-refractivity contribution < 1.29 is 17.9 Å². The quantitative estimate of drug-likeness (QED) is 0.856. The summed E-state index contributed by atoms with van der Waals surface area (Å²) in [5.41, 5.74) is 0.944. The van der Waals surface area contributed by atoms with E-state index in [4.69, 9.17) is 4.74 Å². The van der Waals surface area contributed by atoms with Gasteiger partial charge in [-0.25, -0.2) is 18.2 Å². The zero-order valence-electron chi connectivity index (χ0n) is 10.8. The SMILES string of the molecule is COc1ccc(CNCc2cc(F)c(F)cc2F)cn1. The fraction of sp³-hybridized carbons (Fsp3) is 0.214. The first kappa shape index (κ1) is 14.3. The third kappa shape index (κ3) is 3.48. The molecule has 0 aliphatic heterocycles. The first-order chi connectivity index (χ1) is 9.60. The lowest BCUT2D eigenvalue weighted by atomic mass is 10.2. The molecule has 0 atom stereocenters. The molecule has 0 fully saturated rings. The largest absolute Gasteiger partial charge is 0.481 e. The van der Waals surface area contributed by atoms with E-state index in [1.807, 2.05) is 0 Å². The molecule has 6 heteroatoms. The molecule has 20 heavy (non-hydrogen) atoms. The molecule has 0 saturated carbocycles. The summed E-state index contributed by atoms with van der Waals surface area (Å²) in [6.07, 6.45) is 1.62. The van der Waals surface area contributed by atoms with E-state index in [0.717, 1.165) is 11.6 Å². The molecule has 3 nitrogen and oxygen atoms in total. The zero-order chi connectivity index (χ0) is 14.5. The van der Waals surface area contributed by atoms with Crippen molar-refractivity contribution >= 4 is 0 Å². The Morgan fingerprint density at radius 1 is 1.05 bits per heavy atom. The van der Waals surface area contributed by atoms with Crippen molar-refractivity contribution in [1.82, 2.24) is 10.3 Å². The molecule has 1 N–H and O–H groups in total. The van der Waals surface area contributed by atoms with Gasteiger partial charge in [0.25, 0.3) is 0 Å². The van der Waals surface area contributed by atoms with Gasteiger partial charge in [0, 0.05) is 37.0 Å². The molecule has 0 bridgehead atoms. The highest BCUT2D eigenvalue weighted by molar-refractivity contribution is 5.21. The van der Waals surface area contributed by atoms with Crippen molar-refractivity contribution in [3.05, 3.63) is 59.0 Å². The Kier molecular flexibility index (Phi) is 4.57. The maximum absolute atomic E-state index is 13.4. The second kappa shape index (κ2) is 6.38. The van der Waals surface area contributed by atoms with Crippen LogP contribution in [0.25, 0.3) is 0 Å². The normalized spacial score (nSPS) is 10.6. The lowest BCUT2D eigenvalue weighted by molar-refractivity contribution is 0.397. The van der Waals surface area contributed by atoms with Crippen LogP contribution in [-0.4, -0.2) is 12.1 Å². The third-order valence-corrected chi connectivity index (χ3v) is 2.74. The molecule has 106 valence electrons. The molecule has 0 amide bonds. The molecule has 1 heterocycles. The van der Waals surface area contributed by atoms with Crippen molar-refractivity contribution in [2.45, 2.75) is 13.1 Å². The molecule has 2 rings (SSSR count). The van der Waals surface area contributed by atoms with Gasteiger partial charge in [0.15, 0.2) is 11.6 Å². The molecule has 1 aromatic carbocycles. The zero-order valence-corrected chi connectivity index (χ0v) is 10.8. The fourth-order valence-corrected chi connectivity index (χ4v) is 1.68. The Bertz CT molecular complexity index is 588. The highest BCUT2D eigenvalue weighted by Gasteiger charge is 2.09. The summed E-state index contributed by atoms with van der Waals surface area (Å²) >= 11 is 0. The predicted molar refractivity (Wildman–Crippen MR) is 67.6 cm³/mol. The fourth-order valence-electron chi connectivity index (χ4n) is 1.68. The first-order valence-electron chi connectivity index (χ1n) is 5.93. The van der Waals surface area contributed by atoms with Crippen molar-refractivity contribution in [1.29, 1.82) is 0 Å². The van der Waals surface area contributed by atoms with Gasteiger partial charge in [0.2, 0.25) is 5.88 Å². The van der Waals surface area contributed by atoms with Crippen LogP contribution in [0.1, 0.15) is 11.1 Å². The molecule has 1 aromatic heterocycles. The van der Waals surface area contributed by atoms with E-state index in [9.17, 15) is 13.2 Å². The molecule has 0 unspecified atom stereocenters. The number of methoxy groups -OCH3 is 1. The number of ether oxygens (including phenoxy) is 1. The summed E-state index contributed by atoms with van der Waals surface area (Å²) in [5.74, 6) is -2.52. The number of halogens is 3. The maximum atomic E-state index is 13.4. The number of hydrogen-bond donors (Lipinski definition) is 1. The van der Waals surface area contributed by atoms with E-state index in [0.29, 0.717) is 18.5 Å². The molecule has 0 spiro atoms. The Labute approximate surface area is 114 Å². The van der Waals surface area contributed by atoms with Crippen LogP contribution in [0.5, 0.6) is 5.88 Å². The van der Waals surface area contributed by atoms with Gasteiger partial charge in [-0.1, -0.05) is 6.07 Å². The molecule has 0 aliphatic rings. The number of pyridine rings is 1. The summed E-state index contributed by atoms with van der Waals surface area (Å²) in [7, 11) is 1.52. The summed E-state index contributed by atoms with van der Waals surface area (Å²) in [6.45, 7) is 0.518. The van der Waals surface area contributed by atoms with E-state index >= 15 is 0 Å². The number of hydrogen-bond acceptors (Lipinski definition) is 3. The van der Waals surface area contributed by atoms with Crippen LogP contribution in [0.3, 0.4) is 0 Å². The van der Waals surface area contributed by atoms with Gasteiger partial charge in [0.05, 0.1) is 7.11 Å². The minimum atomic E-state index is -1.19. The summed E-state index contributed by atoms with van der Waals surface area (Å²) in [5, 5.41) is 2.93. The van der Waals surface area contributed by atoms with E-state index in [1.54, 1.807) is 18.3 Å². The molecule has 0 aliphatic carbocycles. The average Bonchev–Trinajstić information content (AvgIpc) is 2.45. The highest BCUT2D eigenvalue weighted by atomic mass is 19.2. The van der Waals surface area contributed by atoms with E-state index in [1.165, 1.54) is 7.11 Å². The van der Waals surface area contributed by atoms with Gasteiger partial charge in [-0.15, -0.1) is 0 Å². The van der Waals surface area contributed by atoms with Crippen molar-refractivity contribution in [3.8, 4) is 5.88 Å². The number of benzene rings is 1. The maximum Gasteiger partial charge on any atom is 0.212 e. The topological polar surface area (TPSA) is 34.1 Å². The average molecular weight is 282 g/mol. The van der Waals surface area contributed by atoms with Gasteiger partial charge in [-0.05, 0) is 11.6 Å². The Balaban J connectivity index is 1.94. The summed E-state index contributed by atoms with van der Waals surface area (Å²) < 4.78 is 44.1. The number of aromatic nitrogens is 1. The predicted octanol–water partition coefficient (Wildman–Crippen LogP) is 2.80. The lowest BCUT2D eigenvalue weighted by Gasteiger charge is -2.07. The second-order valence-corrected chi connectivity index (χ2v) is 4.17. The van der Waals surface area contributed by atoms with Crippen molar-refractivity contribution in [2.24, 2.45) is 0 Å². The summed E-state index contributed by atoms with van der Waals surface area (Å²) in [6, 6.07) is 4.90. The molecular weight excluding hydrogens is 269 g/mol. The van der Waals surface area contributed by atoms with Gasteiger partial charge in [0.1, 0.15) is 5.82 Å². The second-order valence-electron chi connectivity index (χ2n) is 4.17. The van der Waals surface area contributed by atoms with Crippen LogP contribution in [-0.2, 0) is 13.1 Å². The van der Waals surface area contributed by atoms with Gasteiger partial charge < -0.3 is 10.1 Å². The Morgan fingerprint density at radius 2 is 1.80 bits per heavy atom. The van der Waals surface area contributed by atoms with Crippen LogP contribution >= 0.6 is 0 Å². The summed E-state index contributed by atoms with van der Waals surface area (Å²) in [4.78, 5) is 4.02. The lowest BCUT2D eigenvalue weighted by Crippen LogP contribution is -2.14. The van der Waals surface area contributed by atoms with Crippen LogP contribution in [0, 0.1) is 17.5 Å². The smallest absolute Gasteiger partial charge is 0.212 e. The van der Waals surface area contributed by atoms with E-state index < -0.39 is 17.5 Å². The Hall–Kier alpha value is -2.08. The first-order valence-corrected chi connectivity index (χ1v) is 5.93. The van der Waals surface area contributed by atoms with Crippen LogP contribution in [0.4, 0.5) is 13.2 Å². The molecule has 2 aromatic rings. The van der Waals surface area contributed by atoms with Crippen molar-refractivity contribution in [2.75, 3.05) is 7.11 Å².